The summed E-state index contributed by atoms with van der Waals surface area (Å²) in [5.41, 5.74) is 2.85. The van der Waals surface area contributed by atoms with Gasteiger partial charge in [0.25, 0.3) is 0 Å². The Bertz CT molecular complexity index is 525. The highest BCUT2D eigenvalue weighted by atomic mass is 16.5. The smallest absolute Gasteiger partial charge is 0.135 e. The highest BCUT2D eigenvalue weighted by molar-refractivity contribution is 5.51. The number of fused-ring (bicyclic) bond motifs is 1. The van der Waals surface area contributed by atoms with Gasteiger partial charge < -0.3 is 9.64 Å². The SMILES string of the molecule is Cc1nc2c(c(N3CCOC4(CCC4)C3)n1)CCCC2. The number of aryl methyl sites for hydroxylation is 2. The standard InChI is InChI=1S/C16H23N3O/c1-12-17-14-6-3-2-5-13(14)15(18-12)19-9-10-20-16(11-19)7-4-8-16/h2-11H2,1H3. The van der Waals surface area contributed by atoms with Crippen LogP contribution in [-0.2, 0) is 17.6 Å². The minimum atomic E-state index is 0.138. The van der Waals surface area contributed by atoms with Crippen LogP contribution in [0.5, 0.6) is 0 Å². The van der Waals surface area contributed by atoms with Gasteiger partial charge in [0.15, 0.2) is 0 Å². The quantitative estimate of drug-likeness (QED) is 0.787. The van der Waals surface area contributed by atoms with Gasteiger partial charge >= 0.3 is 0 Å². The van der Waals surface area contributed by atoms with Gasteiger partial charge in [-0.15, -0.1) is 0 Å². The number of ether oxygens (including phenoxy) is 1. The van der Waals surface area contributed by atoms with Crippen LogP contribution in [0.3, 0.4) is 0 Å². The van der Waals surface area contributed by atoms with Crippen LogP contribution in [0.25, 0.3) is 0 Å². The normalized spacial score (nSPS) is 24.4. The van der Waals surface area contributed by atoms with Crippen molar-refractivity contribution in [1.29, 1.82) is 0 Å². The maximum Gasteiger partial charge on any atom is 0.135 e. The maximum absolute atomic E-state index is 6.04. The van der Waals surface area contributed by atoms with Crippen molar-refractivity contribution in [3.8, 4) is 0 Å². The minimum absolute atomic E-state index is 0.138. The highest BCUT2D eigenvalue weighted by Crippen LogP contribution is 2.40. The van der Waals surface area contributed by atoms with E-state index in [2.05, 4.69) is 9.88 Å². The van der Waals surface area contributed by atoms with Crippen molar-refractivity contribution in [2.24, 2.45) is 0 Å². The Morgan fingerprint density at radius 2 is 1.95 bits per heavy atom. The molecular formula is C16H23N3O. The van der Waals surface area contributed by atoms with E-state index in [1.165, 1.54) is 49.2 Å². The number of hydrogen-bond donors (Lipinski definition) is 0. The van der Waals surface area contributed by atoms with E-state index in [1.54, 1.807) is 0 Å². The van der Waals surface area contributed by atoms with Gasteiger partial charge in [0.2, 0.25) is 0 Å². The number of nitrogens with zero attached hydrogens (tertiary/aromatic N) is 3. The Balaban J connectivity index is 1.68. The molecule has 0 bridgehead atoms. The van der Waals surface area contributed by atoms with E-state index < -0.39 is 0 Å². The van der Waals surface area contributed by atoms with E-state index in [-0.39, 0.29) is 5.60 Å². The molecule has 20 heavy (non-hydrogen) atoms. The first-order chi connectivity index (χ1) is 9.76. The molecule has 3 aliphatic rings. The first-order valence-corrected chi connectivity index (χ1v) is 8.01. The van der Waals surface area contributed by atoms with Gasteiger partial charge in [0, 0.05) is 24.3 Å². The van der Waals surface area contributed by atoms with Crippen LogP contribution in [0.1, 0.15) is 49.2 Å². The Hall–Kier alpha value is -1.16. The van der Waals surface area contributed by atoms with Crippen molar-refractivity contribution >= 4 is 5.82 Å². The van der Waals surface area contributed by atoms with Crippen LogP contribution in [0.15, 0.2) is 0 Å². The topological polar surface area (TPSA) is 38.2 Å². The Morgan fingerprint density at radius 3 is 2.75 bits per heavy atom. The second-order valence-corrected chi connectivity index (χ2v) is 6.53. The molecule has 1 aliphatic heterocycles. The maximum atomic E-state index is 6.04. The fraction of sp³-hybridized carbons (Fsp3) is 0.750. The van der Waals surface area contributed by atoms with Crippen LogP contribution in [0.2, 0.25) is 0 Å². The van der Waals surface area contributed by atoms with Gasteiger partial charge in [0.05, 0.1) is 12.2 Å². The number of rotatable bonds is 1. The number of morpholine rings is 1. The molecule has 1 saturated carbocycles. The third-order valence-electron chi connectivity index (χ3n) is 5.09. The number of hydrogen-bond acceptors (Lipinski definition) is 4. The molecule has 1 saturated heterocycles. The summed E-state index contributed by atoms with van der Waals surface area (Å²) in [5.74, 6) is 2.14. The molecule has 0 aromatic carbocycles. The van der Waals surface area contributed by atoms with Crippen molar-refractivity contribution in [2.75, 3.05) is 24.6 Å². The molecule has 4 rings (SSSR count). The van der Waals surface area contributed by atoms with Gasteiger partial charge in [-0.25, -0.2) is 9.97 Å². The molecule has 1 spiro atoms. The lowest BCUT2D eigenvalue weighted by Crippen LogP contribution is -2.56. The van der Waals surface area contributed by atoms with E-state index in [4.69, 9.17) is 9.72 Å². The zero-order valence-corrected chi connectivity index (χ0v) is 12.3. The van der Waals surface area contributed by atoms with Crippen molar-refractivity contribution in [3.05, 3.63) is 17.1 Å². The van der Waals surface area contributed by atoms with E-state index in [0.717, 1.165) is 38.4 Å². The highest BCUT2D eigenvalue weighted by Gasteiger charge is 2.42. The summed E-state index contributed by atoms with van der Waals surface area (Å²) >= 11 is 0. The summed E-state index contributed by atoms with van der Waals surface area (Å²) in [4.78, 5) is 11.9. The lowest BCUT2D eigenvalue weighted by Gasteiger charge is -2.49. The molecule has 108 valence electrons. The van der Waals surface area contributed by atoms with E-state index in [9.17, 15) is 0 Å². The fourth-order valence-electron chi connectivity index (χ4n) is 3.86. The van der Waals surface area contributed by atoms with Crippen molar-refractivity contribution in [1.82, 2.24) is 9.97 Å². The second-order valence-electron chi connectivity index (χ2n) is 6.53. The van der Waals surface area contributed by atoms with Gasteiger partial charge in [0.1, 0.15) is 11.6 Å². The number of anilines is 1. The van der Waals surface area contributed by atoms with Crippen molar-refractivity contribution < 1.29 is 4.74 Å². The van der Waals surface area contributed by atoms with Crippen LogP contribution in [-0.4, -0.2) is 35.3 Å². The molecule has 4 nitrogen and oxygen atoms in total. The van der Waals surface area contributed by atoms with Gasteiger partial charge in [-0.2, -0.15) is 0 Å². The van der Waals surface area contributed by atoms with E-state index in [0.29, 0.717) is 0 Å². The molecule has 0 radical (unpaired) electrons. The lowest BCUT2D eigenvalue weighted by atomic mass is 9.78. The lowest BCUT2D eigenvalue weighted by molar-refractivity contribution is -0.106. The zero-order valence-electron chi connectivity index (χ0n) is 12.3. The molecule has 0 atom stereocenters. The van der Waals surface area contributed by atoms with Gasteiger partial charge in [-0.05, 0) is 51.9 Å². The fourth-order valence-corrected chi connectivity index (χ4v) is 3.86. The van der Waals surface area contributed by atoms with Crippen molar-refractivity contribution in [3.63, 3.8) is 0 Å². The summed E-state index contributed by atoms with van der Waals surface area (Å²) in [6.45, 7) is 4.87. The third kappa shape index (κ3) is 2.01. The summed E-state index contributed by atoms with van der Waals surface area (Å²) in [5, 5.41) is 0. The minimum Gasteiger partial charge on any atom is -0.371 e. The van der Waals surface area contributed by atoms with Crippen LogP contribution < -0.4 is 4.90 Å². The first-order valence-electron chi connectivity index (χ1n) is 8.01. The monoisotopic (exact) mass is 273 g/mol. The van der Waals surface area contributed by atoms with Crippen LogP contribution >= 0.6 is 0 Å². The van der Waals surface area contributed by atoms with Crippen LogP contribution in [0.4, 0.5) is 5.82 Å². The zero-order chi connectivity index (χ0) is 13.6. The average molecular weight is 273 g/mol. The van der Waals surface area contributed by atoms with Crippen LogP contribution in [0, 0.1) is 6.92 Å². The molecule has 1 aromatic heterocycles. The summed E-state index contributed by atoms with van der Waals surface area (Å²) in [7, 11) is 0. The Labute approximate surface area is 120 Å². The molecule has 2 aliphatic carbocycles. The average Bonchev–Trinajstić information content (AvgIpc) is 2.45. The molecule has 0 N–H and O–H groups in total. The van der Waals surface area contributed by atoms with E-state index in [1.807, 2.05) is 6.92 Å². The molecule has 4 heteroatoms. The Morgan fingerprint density at radius 1 is 1.10 bits per heavy atom. The second kappa shape index (κ2) is 4.69. The molecule has 0 unspecified atom stereocenters. The molecular weight excluding hydrogens is 250 g/mol. The molecule has 2 heterocycles. The molecule has 0 amide bonds. The molecule has 1 aromatic rings. The predicted octanol–water partition coefficient (Wildman–Crippen LogP) is 2.42. The summed E-state index contributed by atoms with van der Waals surface area (Å²) in [6.07, 6.45) is 8.58. The first kappa shape index (κ1) is 12.6. The number of aromatic nitrogens is 2. The van der Waals surface area contributed by atoms with Crippen molar-refractivity contribution in [2.45, 2.75) is 57.5 Å². The Kier molecular flexibility index (Phi) is 2.95. The third-order valence-corrected chi connectivity index (χ3v) is 5.09. The predicted molar refractivity (Wildman–Crippen MR) is 78.2 cm³/mol. The van der Waals surface area contributed by atoms with Gasteiger partial charge in [-0.3, -0.25) is 0 Å². The van der Waals surface area contributed by atoms with E-state index >= 15 is 0 Å². The summed E-state index contributed by atoms with van der Waals surface area (Å²) < 4.78 is 6.04. The summed E-state index contributed by atoms with van der Waals surface area (Å²) in [6, 6.07) is 0. The molecule has 2 fully saturated rings. The van der Waals surface area contributed by atoms with Gasteiger partial charge in [-0.1, -0.05) is 0 Å². The largest absolute Gasteiger partial charge is 0.371 e.